The van der Waals surface area contributed by atoms with Gasteiger partial charge in [-0.2, -0.15) is 0 Å². The van der Waals surface area contributed by atoms with Gasteiger partial charge in [-0.3, -0.25) is 4.79 Å². The lowest BCUT2D eigenvalue weighted by Crippen LogP contribution is -2.17. The van der Waals surface area contributed by atoms with Gasteiger partial charge < -0.3 is 10.4 Å². The second kappa shape index (κ2) is 7.72. The van der Waals surface area contributed by atoms with Crippen molar-refractivity contribution in [2.24, 2.45) is 0 Å². The summed E-state index contributed by atoms with van der Waals surface area (Å²) < 4.78 is 82.1. The van der Waals surface area contributed by atoms with Crippen molar-refractivity contribution >= 4 is 38.7 Å². The number of rotatable bonds is 5. The van der Waals surface area contributed by atoms with E-state index >= 15 is 0 Å². The van der Waals surface area contributed by atoms with Gasteiger partial charge in [0.15, 0.2) is 0 Å². The molecule has 0 fully saturated rings. The van der Waals surface area contributed by atoms with Crippen molar-refractivity contribution in [1.29, 1.82) is 0 Å². The fourth-order valence-corrected chi connectivity index (χ4v) is 4.35. The number of aromatic nitrogens is 1. The minimum Gasteiger partial charge on any atom is -0.478 e. The Hall–Kier alpha value is -4.06. The van der Waals surface area contributed by atoms with Crippen LogP contribution in [0.5, 0.6) is 0 Å². The van der Waals surface area contributed by atoms with Crippen LogP contribution in [0, 0.1) is 12.7 Å². The number of halogens is 6. The van der Waals surface area contributed by atoms with Crippen LogP contribution < -0.4 is 5.32 Å². The summed E-state index contributed by atoms with van der Waals surface area (Å²) in [5.74, 6) is -3.63. The minimum absolute atomic E-state index is 0.0630. The van der Waals surface area contributed by atoms with E-state index in [4.69, 9.17) is 5.11 Å². The third-order valence-electron chi connectivity index (χ3n) is 5.38. The number of benzene rings is 3. The lowest BCUT2D eigenvalue weighted by molar-refractivity contribution is 0.0696. The maximum atomic E-state index is 14.4. The number of carbonyl (C=O) groups is 2. The highest BCUT2D eigenvalue weighted by Crippen LogP contribution is 3.02. The molecule has 0 aliphatic carbocycles. The minimum atomic E-state index is -10.1. The zero-order valence-electron chi connectivity index (χ0n) is 18.2. The van der Waals surface area contributed by atoms with Crippen LogP contribution in [0.25, 0.3) is 22.2 Å². The molecule has 2 N–H and O–H groups in total. The average Bonchev–Trinajstić information content (AvgIpc) is 2.78. The van der Waals surface area contributed by atoms with Gasteiger partial charge in [0.25, 0.3) is 5.91 Å². The molecule has 0 saturated heterocycles. The summed E-state index contributed by atoms with van der Waals surface area (Å²) in [4.78, 5) is 26.4. The van der Waals surface area contributed by atoms with Crippen molar-refractivity contribution in [3.05, 3.63) is 89.2 Å². The van der Waals surface area contributed by atoms with Crippen LogP contribution in [0.1, 0.15) is 26.3 Å². The predicted molar refractivity (Wildman–Crippen MR) is 125 cm³/mol. The van der Waals surface area contributed by atoms with E-state index < -0.39 is 55.0 Å². The molecule has 4 aromatic rings. The smallest absolute Gasteiger partial charge is 0.335 e. The van der Waals surface area contributed by atoms with E-state index in [-0.39, 0.29) is 28.9 Å². The predicted octanol–water partition coefficient (Wildman–Crippen LogP) is 7.96. The molecule has 0 radical (unpaired) electrons. The lowest BCUT2D eigenvalue weighted by atomic mass is 9.97. The van der Waals surface area contributed by atoms with Crippen molar-refractivity contribution in [3.8, 4) is 11.3 Å². The Balaban J connectivity index is 1.95. The van der Waals surface area contributed by atoms with E-state index in [1.165, 1.54) is 6.92 Å². The van der Waals surface area contributed by atoms with Gasteiger partial charge in [-0.1, -0.05) is 49.8 Å². The number of carboxylic acid groups (broad SMARTS) is 1. The summed E-state index contributed by atoms with van der Waals surface area (Å²) in [7, 11) is -10.1. The number of fused-ring (bicyclic) bond motifs is 1. The molecule has 5 nitrogen and oxygen atoms in total. The third-order valence-corrected chi connectivity index (χ3v) is 6.53. The Labute approximate surface area is 200 Å². The van der Waals surface area contributed by atoms with E-state index in [1.54, 1.807) is 30.3 Å². The normalized spacial score (nSPS) is 13.6. The van der Waals surface area contributed by atoms with Crippen LogP contribution in [-0.2, 0) is 0 Å². The number of hydrogen-bond acceptors (Lipinski definition) is 3. The molecule has 1 aromatic heterocycles. The quantitative estimate of drug-likeness (QED) is 0.259. The van der Waals surface area contributed by atoms with Crippen LogP contribution in [0.4, 0.5) is 29.5 Å². The molecule has 4 rings (SSSR count). The van der Waals surface area contributed by atoms with Crippen molar-refractivity contribution in [2.75, 3.05) is 5.32 Å². The number of nitrogens with zero attached hydrogens (tertiary/aromatic N) is 1. The zero-order valence-corrected chi connectivity index (χ0v) is 19.1. The van der Waals surface area contributed by atoms with Crippen LogP contribution in [0.3, 0.4) is 0 Å². The highest BCUT2D eigenvalue weighted by molar-refractivity contribution is 8.45. The van der Waals surface area contributed by atoms with Crippen molar-refractivity contribution in [1.82, 2.24) is 4.98 Å². The fourth-order valence-electron chi connectivity index (χ4n) is 3.68. The Morgan fingerprint density at radius 1 is 0.917 bits per heavy atom. The number of amides is 1. The SMILES string of the molecule is Cc1c(-c2ccccc2)nc2ccc(S(F)(F)(F)(F)F)cc2c1C(=O)Nc1ccc(C(=O)O)cc1F. The van der Waals surface area contributed by atoms with Gasteiger partial charge in [0.1, 0.15) is 10.7 Å². The first kappa shape index (κ1) is 25.0. The summed E-state index contributed by atoms with van der Waals surface area (Å²) in [6.45, 7) is 1.37. The van der Waals surface area contributed by atoms with E-state index in [1.807, 2.05) is 0 Å². The molecule has 1 heterocycles. The van der Waals surface area contributed by atoms with E-state index in [9.17, 15) is 33.4 Å². The monoisotopic (exact) mass is 526 g/mol. The summed E-state index contributed by atoms with van der Waals surface area (Å²) in [6, 6.07) is 12.0. The van der Waals surface area contributed by atoms with Crippen LogP contribution in [0.15, 0.2) is 71.6 Å². The van der Waals surface area contributed by atoms with Gasteiger partial charge in [0.05, 0.1) is 28.0 Å². The van der Waals surface area contributed by atoms with Gasteiger partial charge in [-0.15, -0.1) is 0 Å². The molecule has 0 aliphatic heterocycles. The van der Waals surface area contributed by atoms with E-state index in [0.29, 0.717) is 11.6 Å². The molecule has 0 aliphatic rings. The molecule has 1 amide bonds. The molecule has 36 heavy (non-hydrogen) atoms. The number of hydrogen-bond donors (Lipinski definition) is 2. The Morgan fingerprint density at radius 2 is 1.58 bits per heavy atom. The molecular weight excluding hydrogens is 510 g/mol. The van der Waals surface area contributed by atoms with Crippen molar-refractivity contribution < 1.29 is 38.5 Å². The number of carbonyl (C=O) groups excluding carboxylic acids is 1. The molecule has 12 heteroatoms. The number of aromatic carboxylic acids is 1. The number of anilines is 1. The van der Waals surface area contributed by atoms with E-state index in [2.05, 4.69) is 10.3 Å². The molecule has 0 bridgehead atoms. The van der Waals surface area contributed by atoms with Gasteiger partial charge in [0.2, 0.25) is 0 Å². The average molecular weight is 526 g/mol. The second-order valence-corrected chi connectivity index (χ2v) is 10.3. The zero-order chi connectivity index (χ0) is 26.5. The molecule has 0 unspecified atom stereocenters. The standard InChI is InChI=1S/C24H16F6N2O3S/c1-13-21(23(33)32-20-9-7-15(24(34)35)11-18(20)25)17-12-16(36(26,27,28,29)30)8-10-19(17)31-22(13)14-5-3-2-4-6-14/h2-12H,1H3,(H,32,33)(H,34,35). The molecule has 188 valence electrons. The fraction of sp³-hybridized carbons (Fsp3) is 0.0417. The Bertz CT molecular complexity index is 1560. The third kappa shape index (κ3) is 4.85. The first-order chi connectivity index (χ1) is 16.5. The molecule has 0 saturated carbocycles. The van der Waals surface area contributed by atoms with Gasteiger partial charge in [-0.25, -0.2) is 14.2 Å². The summed E-state index contributed by atoms with van der Waals surface area (Å²) in [5, 5.41) is 10.6. The van der Waals surface area contributed by atoms with Crippen LogP contribution >= 0.6 is 10.2 Å². The molecule has 0 atom stereocenters. The summed E-state index contributed by atoms with van der Waals surface area (Å²) in [5.41, 5.74) is -0.688. The van der Waals surface area contributed by atoms with Crippen LogP contribution in [-0.4, -0.2) is 22.0 Å². The summed E-state index contributed by atoms with van der Waals surface area (Å²) >= 11 is 0. The molecular formula is C24H16F6N2O3S. The molecule has 0 spiro atoms. The number of carboxylic acids is 1. The summed E-state index contributed by atoms with van der Waals surface area (Å²) in [6.07, 6.45) is 0. The molecule has 3 aromatic carbocycles. The maximum absolute atomic E-state index is 14.4. The van der Waals surface area contributed by atoms with Crippen molar-refractivity contribution in [2.45, 2.75) is 11.8 Å². The Morgan fingerprint density at radius 3 is 2.17 bits per heavy atom. The first-order valence-corrected chi connectivity index (χ1v) is 12.1. The van der Waals surface area contributed by atoms with Crippen molar-refractivity contribution in [3.63, 3.8) is 0 Å². The topological polar surface area (TPSA) is 79.3 Å². The first-order valence-electron chi connectivity index (χ1n) is 10.1. The number of nitrogens with one attached hydrogen (secondary N) is 1. The highest BCUT2D eigenvalue weighted by atomic mass is 32.5. The second-order valence-electron chi connectivity index (χ2n) is 7.93. The van der Waals surface area contributed by atoms with Gasteiger partial charge in [0, 0.05) is 10.9 Å². The van der Waals surface area contributed by atoms with Crippen LogP contribution in [0.2, 0.25) is 0 Å². The lowest BCUT2D eigenvalue weighted by Gasteiger charge is -2.40. The largest absolute Gasteiger partial charge is 0.478 e. The Kier molecular flexibility index (Phi) is 5.37. The van der Waals surface area contributed by atoms with Gasteiger partial charge in [-0.05, 0) is 48.9 Å². The van der Waals surface area contributed by atoms with E-state index in [0.717, 1.165) is 18.2 Å². The highest BCUT2D eigenvalue weighted by Gasteiger charge is 2.65. The maximum Gasteiger partial charge on any atom is 0.335 e. The number of pyridine rings is 1. The van der Waals surface area contributed by atoms with Gasteiger partial charge >= 0.3 is 16.2 Å².